The Morgan fingerprint density at radius 2 is 2.19 bits per heavy atom. The third kappa shape index (κ3) is 1.43. The number of ether oxygens (including phenoxy) is 1. The number of hydrogen-bond donors (Lipinski definition) is 0. The predicted octanol–water partition coefficient (Wildman–Crippen LogP) is 2.99. The van der Waals surface area contributed by atoms with E-state index in [0.717, 1.165) is 30.6 Å². The molecular weight excluding hydrogens is 200 g/mol. The molecule has 0 saturated heterocycles. The Morgan fingerprint density at radius 1 is 1.38 bits per heavy atom. The van der Waals surface area contributed by atoms with E-state index in [1.54, 1.807) is 0 Å². The van der Waals surface area contributed by atoms with E-state index in [-0.39, 0.29) is 11.5 Å². The minimum absolute atomic E-state index is 0.0765. The first kappa shape index (κ1) is 10.1. The van der Waals surface area contributed by atoms with Crippen LogP contribution in [-0.2, 0) is 9.53 Å². The molecule has 1 aliphatic heterocycles. The van der Waals surface area contributed by atoms with E-state index in [9.17, 15) is 4.79 Å². The average molecular weight is 218 g/mol. The summed E-state index contributed by atoms with van der Waals surface area (Å²) in [6.45, 7) is 4.30. The molecule has 16 heavy (non-hydrogen) atoms. The van der Waals surface area contributed by atoms with Gasteiger partial charge in [0, 0.05) is 24.3 Å². The van der Waals surface area contributed by atoms with E-state index < -0.39 is 0 Å². The molecule has 2 atom stereocenters. The number of carbonyl (C=O) groups excluding carboxylic acids is 1. The van der Waals surface area contributed by atoms with Crippen molar-refractivity contribution in [2.45, 2.75) is 45.6 Å². The molecule has 0 N–H and O–H groups in total. The summed E-state index contributed by atoms with van der Waals surface area (Å²) in [7, 11) is 0. The monoisotopic (exact) mass is 218 g/mol. The van der Waals surface area contributed by atoms with E-state index >= 15 is 0 Å². The molecule has 0 spiro atoms. The number of rotatable bonds is 0. The molecule has 3 aliphatic rings. The molecule has 0 aromatic carbocycles. The Kier molecular flexibility index (Phi) is 2.04. The molecule has 1 heterocycles. The summed E-state index contributed by atoms with van der Waals surface area (Å²) in [5.41, 5.74) is 1.10. The second kappa shape index (κ2) is 3.22. The van der Waals surface area contributed by atoms with Crippen LogP contribution in [-0.4, -0.2) is 11.9 Å². The standard InChI is InChI=1S/C14H18O2/c1-14(2)7-10(15)13-9-5-3-4-6-11(9)16-12(13)8-14/h4,6,9,11H,3,5,7-8H2,1-2H3. The van der Waals surface area contributed by atoms with Gasteiger partial charge in [-0.15, -0.1) is 0 Å². The van der Waals surface area contributed by atoms with Crippen LogP contribution in [0.3, 0.4) is 0 Å². The van der Waals surface area contributed by atoms with E-state index in [4.69, 9.17) is 4.74 Å². The summed E-state index contributed by atoms with van der Waals surface area (Å²) in [5, 5.41) is 0. The van der Waals surface area contributed by atoms with Crippen molar-refractivity contribution in [3.63, 3.8) is 0 Å². The Morgan fingerprint density at radius 3 is 3.00 bits per heavy atom. The fourth-order valence-corrected chi connectivity index (χ4v) is 3.20. The molecule has 3 rings (SSSR count). The SMILES string of the molecule is CC1(C)CC(=O)C2=C(C1)OC1C=CCCC21. The zero-order chi connectivity index (χ0) is 11.3. The zero-order valence-corrected chi connectivity index (χ0v) is 9.95. The molecular formula is C14H18O2. The quantitative estimate of drug-likeness (QED) is 0.584. The summed E-state index contributed by atoms with van der Waals surface area (Å²) in [5.74, 6) is 1.67. The fourth-order valence-electron chi connectivity index (χ4n) is 3.20. The number of ketones is 1. The van der Waals surface area contributed by atoms with Crippen molar-refractivity contribution in [1.82, 2.24) is 0 Å². The Bertz CT molecular complexity index is 401. The first-order valence-corrected chi connectivity index (χ1v) is 6.16. The molecule has 2 nitrogen and oxygen atoms in total. The van der Waals surface area contributed by atoms with E-state index in [1.165, 1.54) is 0 Å². The summed E-state index contributed by atoms with van der Waals surface area (Å²) < 4.78 is 5.95. The van der Waals surface area contributed by atoms with Gasteiger partial charge >= 0.3 is 0 Å². The van der Waals surface area contributed by atoms with Gasteiger partial charge in [-0.2, -0.15) is 0 Å². The normalized spacial score (nSPS) is 35.8. The molecule has 0 aromatic rings. The summed E-state index contributed by atoms with van der Waals surface area (Å²) >= 11 is 0. The summed E-state index contributed by atoms with van der Waals surface area (Å²) in [6, 6.07) is 0. The molecule has 2 heteroatoms. The molecule has 0 radical (unpaired) electrons. The van der Waals surface area contributed by atoms with Crippen LogP contribution in [0, 0.1) is 11.3 Å². The second-order valence-electron chi connectivity index (χ2n) is 5.97. The first-order valence-electron chi connectivity index (χ1n) is 6.16. The maximum atomic E-state index is 12.2. The van der Waals surface area contributed by atoms with Gasteiger partial charge in [0.15, 0.2) is 5.78 Å². The van der Waals surface area contributed by atoms with Gasteiger partial charge in [0.05, 0.1) is 0 Å². The van der Waals surface area contributed by atoms with Crippen molar-refractivity contribution >= 4 is 5.78 Å². The number of allylic oxidation sites excluding steroid dienone is 2. The zero-order valence-electron chi connectivity index (χ0n) is 9.95. The van der Waals surface area contributed by atoms with Gasteiger partial charge in [-0.1, -0.05) is 19.9 Å². The topological polar surface area (TPSA) is 26.3 Å². The Hall–Kier alpha value is -1.05. The van der Waals surface area contributed by atoms with Crippen molar-refractivity contribution < 1.29 is 9.53 Å². The molecule has 2 aliphatic carbocycles. The fraction of sp³-hybridized carbons (Fsp3) is 0.643. The van der Waals surface area contributed by atoms with Crippen molar-refractivity contribution in [3.8, 4) is 0 Å². The van der Waals surface area contributed by atoms with Crippen molar-refractivity contribution in [2.24, 2.45) is 11.3 Å². The maximum Gasteiger partial charge on any atom is 0.163 e. The number of Topliss-reactive ketones (excluding diaryl/α,β-unsaturated/α-hetero) is 1. The molecule has 2 unspecified atom stereocenters. The smallest absolute Gasteiger partial charge is 0.163 e. The van der Waals surface area contributed by atoms with E-state index in [2.05, 4.69) is 26.0 Å². The maximum absolute atomic E-state index is 12.2. The highest BCUT2D eigenvalue weighted by Crippen LogP contribution is 2.47. The van der Waals surface area contributed by atoms with E-state index in [1.807, 2.05) is 0 Å². The summed E-state index contributed by atoms with van der Waals surface area (Å²) in [4.78, 5) is 12.2. The van der Waals surface area contributed by atoms with Crippen molar-refractivity contribution in [1.29, 1.82) is 0 Å². The molecule has 86 valence electrons. The average Bonchev–Trinajstić information content (AvgIpc) is 2.52. The van der Waals surface area contributed by atoms with Crippen LogP contribution in [0.5, 0.6) is 0 Å². The summed E-state index contributed by atoms with van der Waals surface area (Å²) in [6.07, 6.45) is 8.22. The lowest BCUT2D eigenvalue weighted by Crippen LogP contribution is -2.27. The molecule has 0 fully saturated rings. The van der Waals surface area contributed by atoms with Gasteiger partial charge < -0.3 is 4.74 Å². The third-order valence-corrected chi connectivity index (χ3v) is 3.89. The van der Waals surface area contributed by atoms with Crippen LogP contribution in [0.4, 0.5) is 0 Å². The number of fused-ring (bicyclic) bond motifs is 2. The van der Waals surface area contributed by atoms with Crippen molar-refractivity contribution in [2.75, 3.05) is 0 Å². The van der Waals surface area contributed by atoms with Gasteiger partial charge in [-0.25, -0.2) is 0 Å². The molecule has 0 saturated carbocycles. The van der Waals surface area contributed by atoms with Gasteiger partial charge in [-0.3, -0.25) is 4.79 Å². The minimum Gasteiger partial charge on any atom is -0.490 e. The molecule has 0 amide bonds. The second-order valence-corrected chi connectivity index (χ2v) is 5.97. The van der Waals surface area contributed by atoms with Gasteiger partial charge in [-0.05, 0) is 24.3 Å². The highest BCUT2D eigenvalue weighted by molar-refractivity contribution is 5.98. The number of carbonyl (C=O) groups is 1. The lowest BCUT2D eigenvalue weighted by Gasteiger charge is -2.29. The van der Waals surface area contributed by atoms with Crippen LogP contribution < -0.4 is 0 Å². The third-order valence-electron chi connectivity index (χ3n) is 3.89. The lowest BCUT2D eigenvalue weighted by molar-refractivity contribution is -0.118. The van der Waals surface area contributed by atoms with Crippen LogP contribution in [0.25, 0.3) is 0 Å². The van der Waals surface area contributed by atoms with Gasteiger partial charge in [0.2, 0.25) is 0 Å². The predicted molar refractivity (Wildman–Crippen MR) is 61.8 cm³/mol. The highest BCUT2D eigenvalue weighted by atomic mass is 16.5. The van der Waals surface area contributed by atoms with Crippen LogP contribution in [0.2, 0.25) is 0 Å². The first-order chi connectivity index (χ1) is 7.57. The van der Waals surface area contributed by atoms with Crippen LogP contribution in [0.1, 0.15) is 39.5 Å². The van der Waals surface area contributed by atoms with E-state index in [0.29, 0.717) is 18.1 Å². The van der Waals surface area contributed by atoms with Crippen LogP contribution >= 0.6 is 0 Å². The van der Waals surface area contributed by atoms with Gasteiger partial charge in [0.25, 0.3) is 0 Å². The highest BCUT2D eigenvalue weighted by Gasteiger charge is 2.45. The largest absolute Gasteiger partial charge is 0.490 e. The van der Waals surface area contributed by atoms with Gasteiger partial charge in [0.1, 0.15) is 11.9 Å². The Labute approximate surface area is 96.4 Å². The Balaban J connectivity index is 1.97. The molecule has 0 aromatic heterocycles. The number of hydrogen-bond acceptors (Lipinski definition) is 2. The van der Waals surface area contributed by atoms with Crippen molar-refractivity contribution in [3.05, 3.63) is 23.5 Å². The molecule has 0 bridgehead atoms. The lowest BCUT2D eigenvalue weighted by atomic mass is 9.73. The van der Waals surface area contributed by atoms with Crippen LogP contribution in [0.15, 0.2) is 23.5 Å². The minimum atomic E-state index is 0.0765.